The lowest BCUT2D eigenvalue weighted by atomic mass is 10.0. The van der Waals surface area contributed by atoms with Crippen molar-refractivity contribution in [3.8, 4) is 0 Å². The molecular formula is C63H114O6. The number of hydrogen-bond acceptors (Lipinski definition) is 6. The molecule has 0 radical (unpaired) electrons. The van der Waals surface area contributed by atoms with Crippen molar-refractivity contribution in [1.82, 2.24) is 0 Å². The molecule has 0 aliphatic heterocycles. The predicted molar refractivity (Wildman–Crippen MR) is 298 cm³/mol. The van der Waals surface area contributed by atoms with Crippen LogP contribution in [0.3, 0.4) is 0 Å². The standard InChI is InChI=1S/C63H114O6/c1-4-7-10-13-16-18-20-22-24-25-26-27-28-29-30-31-32-33-34-35-36-37-39-40-42-44-47-50-53-56-62(65)68-59-60(58-67-61(64)55-52-49-46-15-12-9-6-3)69-63(66)57-54-51-48-45-43-41-38-23-21-19-17-14-11-8-5-2/h17,19-20,22-23,25-26,38,60H,4-16,18,21,24,27-37,39-59H2,1-3H3/b19-17-,22-20-,26-25-,38-23-. The van der Waals surface area contributed by atoms with Crippen molar-refractivity contribution in [1.29, 1.82) is 0 Å². The molecule has 0 aliphatic rings. The summed E-state index contributed by atoms with van der Waals surface area (Å²) >= 11 is 0. The maximum Gasteiger partial charge on any atom is 0.306 e. The molecule has 0 aromatic carbocycles. The normalized spacial score (nSPS) is 12.3. The van der Waals surface area contributed by atoms with Crippen molar-refractivity contribution in [2.75, 3.05) is 13.2 Å². The Morgan fingerprint density at radius 2 is 0.522 bits per heavy atom. The fraction of sp³-hybridized carbons (Fsp3) is 0.825. The third kappa shape index (κ3) is 56.2. The molecule has 0 bridgehead atoms. The number of hydrogen-bond donors (Lipinski definition) is 0. The van der Waals surface area contributed by atoms with Crippen molar-refractivity contribution in [2.45, 2.75) is 322 Å². The molecule has 0 spiro atoms. The average molecular weight is 968 g/mol. The van der Waals surface area contributed by atoms with Crippen LogP contribution in [0.2, 0.25) is 0 Å². The summed E-state index contributed by atoms with van der Waals surface area (Å²) in [6, 6.07) is 0. The van der Waals surface area contributed by atoms with Gasteiger partial charge in [-0.2, -0.15) is 0 Å². The quantitative estimate of drug-likeness (QED) is 0.0262. The van der Waals surface area contributed by atoms with Gasteiger partial charge in [0.05, 0.1) is 0 Å². The molecule has 0 aromatic rings. The van der Waals surface area contributed by atoms with Gasteiger partial charge in [-0.05, 0) is 83.5 Å². The summed E-state index contributed by atoms with van der Waals surface area (Å²) in [6.45, 7) is 6.58. The second-order valence-electron chi connectivity index (χ2n) is 20.3. The van der Waals surface area contributed by atoms with E-state index in [9.17, 15) is 14.4 Å². The third-order valence-corrected chi connectivity index (χ3v) is 13.3. The highest BCUT2D eigenvalue weighted by molar-refractivity contribution is 5.71. The van der Waals surface area contributed by atoms with Crippen LogP contribution in [0.4, 0.5) is 0 Å². The van der Waals surface area contributed by atoms with E-state index in [1.807, 2.05) is 0 Å². The highest BCUT2D eigenvalue weighted by Crippen LogP contribution is 2.16. The van der Waals surface area contributed by atoms with Gasteiger partial charge in [0.25, 0.3) is 0 Å². The van der Waals surface area contributed by atoms with E-state index in [4.69, 9.17) is 14.2 Å². The predicted octanol–water partition coefficient (Wildman–Crippen LogP) is 20.2. The van der Waals surface area contributed by atoms with E-state index in [-0.39, 0.29) is 31.1 Å². The minimum atomic E-state index is -0.775. The van der Waals surface area contributed by atoms with Crippen LogP contribution in [0.25, 0.3) is 0 Å². The molecule has 0 N–H and O–H groups in total. The molecule has 0 rings (SSSR count). The van der Waals surface area contributed by atoms with E-state index in [1.54, 1.807) is 0 Å². The van der Waals surface area contributed by atoms with Gasteiger partial charge in [0.1, 0.15) is 13.2 Å². The van der Waals surface area contributed by atoms with Crippen LogP contribution >= 0.6 is 0 Å². The van der Waals surface area contributed by atoms with Gasteiger partial charge in [-0.1, -0.05) is 262 Å². The molecule has 0 heterocycles. The Labute approximate surface area is 428 Å². The summed E-state index contributed by atoms with van der Waals surface area (Å²) < 4.78 is 16.8. The summed E-state index contributed by atoms with van der Waals surface area (Å²) in [7, 11) is 0. The Kier molecular flexibility index (Phi) is 55.7. The average Bonchev–Trinajstić information content (AvgIpc) is 3.35. The maximum atomic E-state index is 12.8. The summed E-state index contributed by atoms with van der Waals surface area (Å²) in [5.41, 5.74) is 0. The zero-order valence-electron chi connectivity index (χ0n) is 46.1. The second-order valence-corrected chi connectivity index (χ2v) is 20.3. The van der Waals surface area contributed by atoms with E-state index in [0.29, 0.717) is 19.3 Å². The van der Waals surface area contributed by atoms with Gasteiger partial charge in [0.2, 0.25) is 0 Å². The lowest BCUT2D eigenvalue weighted by Gasteiger charge is -2.18. The van der Waals surface area contributed by atoms with Crippen molar-refractivity contribution < 1.29 is 28.6 Å². The Hall–Kier alpha value is -2.63. The van der Waals surface area contributed by atoms with Gasteiger partial charge in [0.15, 0.2) is 6.10 Å². The lowest BCUT2D eigenvalue weighted by molar-refractivity contribution is -0.167. The van der Waals surface area contributed by atoms with Gasteiger partial charge in [-0.3, -0.25) is 14.4 Å². The van der Waals surface area contributed by atoms with Crippen LogP contribution < -0.4 is 0 Å². The number of esters is 3. The molecule has 0 saturated heterocycles. The van der Waals surface area contributed by atoms with E-state index >= 15 is 0 Å². The summed E-state index contributed by atoms with van der Waals surface area (Å²) in [6.07, 6.45) is 71.4. The zero-order chi connectivity index (χ0) is 50.0. The van der Waals surface area contributed by atoms with Gasteiger partial charge in [-0.25, -0.2) is 0 Å². The Morgan fingerprint density at radius 3 is 0.826 bits per heavy atom. The van der Waals surface area contributed by atoms with Crippen LogP contribution in [0.5, 0.6) is 0 Å². The number of ether oxygens (including phenoxy) is 3. The molecule has 402 valence electrons. The van der Waals surface area contributed by atoms with Gasteiger partial charge < -0.3 is 14.2 Å². The largest absolute Gasteiger partial charge is 0.462 e. The van der Waals surface area contributed by atoms with Gasteiger partial charge in [0, 0.05) is 19.3 Å². The van der Waals surface area contributed by atoms with E-state index < -0.39 is 6.10 Å². The molecule has 0 aliphatic carbocycles. The topological polar surface area (TPSA) is 78.9 Å². The number of rotatable bonds is 55. The first kappa shape index (κ1) is 66.4. The molecule has 6 nitrogen and oxygen atoms in total. The molecule has 0 aromatic heterocycles. The number of allylic oxidation sites excluding steroid dienone is 8. The van der Waals surface area contributed by atoms with Crippen molar-refractivity contribution in [3.05, 3.63) is 48.6 Å². The lowest BCUT2D eigenvalue weighted by Crippen LogP contribution is -2.30. The van der Waals surface area contributed by atoms with Crippen LogP contribution in [-0.2, 0) is 28.6 Å². The molecular weight excluding hydrogens is 853 g/mol. The Balaban J connectivity index is 4.05. The van der Waals surface area contributed by atoms with E-state index in [1.165, 1.54) is 186 Å². The molecule has 0 saturated carbocycles. The molecule has 6 heteroatoms. The minimum absolute atomic E-state index is 0.0756. The minimum Gasteiger partial charge on any atom is -0.462 e. The second kappa shape index (κ2) is 57.9. The van der Waals surface area contributed by atoms with Gasteiger partial charge >= 0.3 is 17.9 Å². The first-order chi connectivity index (χ1) is 34.0. The molecule has 1 atom stereocenters. The third-order valence-electron chi connectivity index (χ3n) is 13.3. The number of unbranched alkanes of at least 4 members (excludes halogenated alkanes) is 36. The van der Waals surface area contributed by atoms with Crippen LogP contribution in [-0.4, -0.2) is 37.2 Å². The van der Waals surface area contributed by atoms with Crippen molar-refractivity contribution in [2.24, 2.45) is 0 Å². The van der Waals surface area contributed by atoms with Gasteiger partial charge in [-0.15, -0.1) is 0 Å². The summed E-state index contributed by atoms with van der Waals surface area (Å²) in [5, 5.41) is 0. The summed E-state index contributed by atoms with van der Waals surface area (Å²) in [5.74, 6) is -0.883. The fourth-order valence-corrected chi connectivity index (χ4v) is 8.74. The molecule has 1 unspecified atom stereocenters. The first-order valence-electron chi connectivity index (χ1n) is 30.1. The molecule has 0 fully saturated rings. The Morgan fingerprint density at radius 1 is 0.290 bits per heavy atom. The molecule has 69 heavy (non-hydrogen) atoms. The Bertz CT molecular complexity index is 1200. The maximum absolute atomic E-state index is 12.8. The smallest absolute Gasteiger partial charge is 0.306 e. The summed E-state index contributed by atoms with van der Waals surface area (Å²) in [4.78, 5) is 37.9. The SMILES string of the molecule is CCCCC/C=C\C/C=C\CCCCCCCC(=O)OC(COC(=O)CCCCCCCCC)COC(=O)CCCCCCCCCCCCCCCCCCC/C=C\C/C=C\CCCCCCC. The van der Waals surface area contributed by atoms with Crippen LogP contribution in [0.15, 0.2) is 48.6 Å². The number of carbonyl (C=O) groups is 3. The number of carbonyl (C=O) groups excluding carboxylic acids is 3. The fourth-order valence-electron chi connectivity index (χ4n) is 8.74. The highest BCUT2D eigenvalue weighted by Gasteiger charge is 2.19. The zero-order valence-corrected chi connectivity index (χ0v) is 46.1. The monoisotopic (exact) mass is 967 g/mol. The van der Waals surface area contributed by atoms with Crippen LogP contribution in [0.1, 0.15) is 316 Å². The van der Waals surface area contributed by atoms with Crippen molar-refractivity contribution in [3.63, 3.8) is 0 Å². The van der Waals surface area contributed by atoms with Crippen LogP contribution in [0, 0.1) is 0 Å². The molecule has 0 amide bonds. The highest BCUT2D eigenvalue weighted by atomic mass is 16.6. The van der Waals surface area contributed by atoms with E-state index in [2.05, 4.69) is 69.4 Å². The first-order valence-corrected chi connectivity index (χ1v) is 30.1. The van der Waals surface area contributed by atoms with E-state index in [0.717, 1.165) is 89.9 Å². The van der Waals surface area contributed by atoms with Crippen molar-refractivity contribution >= 4 is 17.9 Å².